The molecule has 0 fully saturated rings. The van der Waals surface area contributed by atoms with Crippen LogP contribution in [0.4, 0.5) is 5.69 Å². The SMILES string of the molecule is CC(NC(=O)CCCc1nnc(C(=O)Nc2ccccc2)s1)c1ccccc1. The van der Waals surface area contributed by atoms with Gasteiger partial charge in [-0.2, -0.15) is 0 Å². The van der Waals surface area contributed by atoms with E-state index in [1.165, 1.54) is 11.3 Å². The number of benzene rings is 2. The van der Waals surface area contributed by atoms with Crippen LogP contribution in [0.25, 0.3) is 0 Å². The predicted molar refractivity (Wildman–Crippen MR) is 110 cm³/mol. The molecule has 28 heavy (non-hydrogen) atoms. The molecule has 1 aromatic heterocycles. The molecule has 0 aliphatic carbocycles. The van der Waals surface area contributed by atoms with Gasteiger partial charge in [-0.25, -0.2) is 0 Å². The highest BCUT2D eigenvalue weighted by Gasteiger charge is 2.14. The van der Waals surface area contributed by atoms with Crippen LogP contribution in [0.1, 0.15) is 46.2 Å². The molecule has 0 saturated carbocycles. The first-order chi connectivity index (χ1) is 13.6. The summed E-state index contributed by atoms with van der Waals surface area (Å²) in [6.07, 6.45) is 1.67. The average Bonchev–Trinajstić information content (AvgIpc) is 3.18. The molecular weight excluding hydrogens is 372 g/mol. The minimum Gasteiger partial charge on any atom is -0.350 e. The zero-order chi connectivity index (χ0) is 19.8. The molecule has 0 bridgehead atoms. The van der Waals surface area contributed by atoms with Crippen molar-refractivity contribution in [2.45, 2.75) is 32.2 Å². The maximum Gasteiger partial charge on any atom is 0.286 e. The quantitative estimate of drug-likeness (QED) is 0.605. The lowest BCUT2D eigenvalue weighted by Crippen LogP contribution is -2.26. The van der Waals surface area contributed by atoms with Gasteiger partial charge in [0, 0.05) is 18.5 Å². The van der Waals surface area contributed by atoms with Crippen LogP contribution >= 0.6 is 11.3 Å². The van der Waals surface area contributed by atoms with Crippen LogP contribution in [0.5, 0.6) is 0 Å². The number of carbonyl (C=O) groups is 2. The van der Waals surface area contributed by atoms with Crippen molar-refractivity contribution in [3.8, 4) is 0 Å². The van der Waals surface area contributed by atoms with Crippen LogP contribution < -0.4 is 10.6 Å². The summed E-state index contributed by atoms with van der Waals surface area (Å²) in [5.74, 6) is -0.271. The Bertz CT molecular complexity index is 912. The van der Waals surface area contributed by atoms with Crippen molar-refractivity contribution in [3.63, 3.8) is 0 Å². The highest BCUT2D eigenvalue weighted by molar-refractivity contribution is 7.13. The number of anilines is 1. The lowest BCUT2D eigenvalue weighted by molar-refractivity contribution is -0.121. The lowest BCUT2D eigenvalue weighted by Gasteiger charge is -2.14. The van der Waals surface area contributed by atoms with Gasteiger partial charge in [-0.05, 0) is 31.0 Å². The van der Waals surface area contributed by atoms with Gasteiger partial charge in [0.2, 0.25) is 10.9 Å². The molecule has 0 spiro atoms. The third-order valence-electron chi connectivity index (χ3n) is 4.16. The zero-order valence-electron chi connectivity index (χ0n) is 15.6. The van der Waals surface area contributed by atoms with E-state index in [1.807, 2.05) is 67.6 Å². The smallest absolute Gasteiger partial charge is 0.286 e. The van der Waals surface area contributed by atoms with Crippen molar-refractivity contribution in [1.82, 2.24) is 15.5 Å². The normalized spacial score (nSPS) is 11.6. The Morgan fingerprint density at radius 2 is 1.68 bits per heavy atom. The van der Waals surface area contributed by atoms with Crippen molar-refractivity contribution < 1.29 is 9.59 Å². The van der Waals surface area contributed by atoms with Gasteiger partial charge in [0.05, 0.1) is 6.04 Å². The largest absolute Gasteiger partial charge is 0.350 e. The van der Waals surface area contributed by atoms with E-state index in [2.05, 4.69) is 20.8 Å². The van der Waals surface area contributed by atoms with Gasteiger partial charge in [0.25, 0.3) is 5.91 Å². The maximum absolute atomic E-state index is 12.2. The highest BCUT2D eigenvalue weighted by atomic mass is 32.1. The van der Waals surface area contributed by atoms with Crippen molar-refractivity contribution >= 4 is 28.8 Å². The van der Waals surface area contributed by atoms with E-state index in [0.29, 0.717) is 30.0 Å². The van der Waals surface area contributed by atoms with Gasteiger partial charge in [-0.15, -0.1) is 10.2 Å². The molecule has 3 rings (SSSR count). The van der Waals surface area contributed by atoms with Gasteiger partial charge in [-0.1, -0.05) is 59.9 Å². The third kappa shape index (κ3) is 5.72. The van der Waals surface area contributed by atoms with Crippen LogP contribution in [0.3, 0.4) is 0 Å². The molecule has 0 radical (unpaired) electrons. The summed E-state index contributed by atoms with van der Waals surface area (Å²) in [6.45, 7) is 1.97. The monoisotopic (exact) mass is 394 g/mol. The molecule has 3 aromatic rings. The van der Waals surface area contributed by atoms with Crippen LogP contribution in [0.15, 0.2) is 60.7 Å². The fourth-order valence-electron chi connectivity index (χ4n) is 2.69. The number of aryl methyl sites for hydroxylation is 1. The topological polar surface area (TPSA) is 84.0 Å². The molecule has 6 nitrogen and oxygen atoms in total. The second-order valence-electron chi connectivity index (χ2n) is 6.37. The predicted octanol–water partition coefficient (Wildman–Crippen LogP) is 3.99. The summed E-state index contributed by atoms with van der Waals surface area (Å²) in [5, 5.41) is 14.9. The number of nitrogens with zero attached hydrogens (tertiary/aromatic N) is 2. The molecule has 2 amide bonds. The number of hydrogen-bond donors (Lipinski definition) is 2. The Hall–Kier alpha value is -3.06. The highest BCUT2D eigenvalue weighted by Crippen LogP contribution is 2.16. The Labute approximate surface area is 168 Å². The summed E-state index contributed by atoms with van der Waals surface area (Å²) in [4.78, 5) is 24.3. The summed E-state index contributed by atoms with van der Waals surface area (Å²) in [7, 11) is 0. The minimum atomic E-state index is -0.274. The molecule has 0 aliphatic heterocycles. The molecule has 0 aliphatic rings. The summed E-state index contributed by atoms with van der Waals surface area (Å²) in [6, 6.07) is 19.0. The number of carbonyl (C=O) groups excluding carboxylic acids is 2. The summed E-state index contributed by atoms with van der Waals surface area (Å²) >= 11 is 1.26. The van der Waals surface area contributed by atoms with Crippen molar-refractivity contribution in [2.24, 2.45) is 0 Å². The second kappa shape index (κ2) is 9.75. The van der Waals surface area contributed by atoms with Crippen molar-refractivity contribution in [3.05, 3.63) is 76.2 Å². The van der Waals surface area contributed by atoms with E-state index in [9.17, 15) is 9.59 Å². The zero-order valence-corrected chi connectivity index (χ0v) is 16.4. The lowest BCUT2D eigenvalue weighted by atomic mass is 10.1. The fourth-order valence-corrected chi connectivity index (χ4v) is 3.47. The van der Waals surface area contributed by atoms with E-state index >= 15 is 0 Å². The van der Waals surface area contributed by atoms with Gasteiger partial charge >= 0.3 is 0 Å². The number of amides is 2. The molecule has 1 heterocycles. The van der Waals surface area contributed by atoms with E-state index < -0.39 is 0 Å². The second-order valence-corrected chi connectivity index (χ2v) is 7.44. The average molecular weight is 395 g/mol. The molecule has 1 atom stereocenters. The molecule has 2 aromatic carbocycles. The summed E-state index contributed by atoms with van der Waals surface area (Å²) in [5.41, 5.74) is 1.79. The molecular formula is C21H22N4O2S. The van der Waals surface area contributed by atoms with E-state index in [-0.39, 0.29) is 17.9 Å². The van der Waals surface area contributed by atoms with Gasteiger partial charge in [-0.3, -0.25) is 9.59 Å². The Balaban J connectivity index is 1.43. The van der Waals surface area contributed by atoms with Crippen LogP contribution in [0.2, 0.25) is 0 Å². The molecule has 1 unspecified atom stereocenters. The number of para-hydroxylation sites is 1. The number of nitrogens with one attached hydrogen (secondary N) is 2. The first-order valence-corrected chi connectivity index (χ1v) is 9.96. The first-order valence-electron chi connectivity index (χ1n) is 9.15. The van der Waals surface area contributed by atoms with Gasteiger partial charge in [0.15, 0.2) is 0 Å². The van der Waals surface area contributed by atoms with Crippen LogP contribution in [-0.4, -0.2) is 22.0 Å². The molecule has 2 N–H and O–H groups in total. The van der Waals surface area contributed by atoms with Gasteiger partial charge < -0.3 is 10.6 Å². The number of hydrogen-bond acceptors (Lipinski definition) is 5. The molecule has 144 valence electrons. The van der Waals surface area contributed by atoms with E-state index in [1.54, 1.807) is 0 Å². The fraction of sp³-hybridized carbons (Fsp3) is 0.238. The molecule has 7 heteroatoms. The van der Waals surface area contributed by atoms with Crippen LogP contribution in [-0.2, 0) is 11.2 Å². The van der Waals surface area contributed by atoms with Crippen LogP contribution in [0, 0.1) is 0 Å². The number of aromatic nitrogens is 2. The third-order valence-corrected chi connectivity index (χ3v) is 5.15. The van der Waals surface area contributed by atoms with E-state index in [4.69, 9.17) is 0 Å². The van der Waals surface area contributed by atoms with Crippen molar-refractivity contribution in [2.75, 3.05) is 5.32 Å². The number of rotatable bonds is 8. The molecule has 0 saturated heterocycles. The standard InChI is InChI=1S/C21H22N4O2S/c1-15(16-9-4-2-5-10-16)22-18(26)13-8-14-19-24-25-21(28-19)20(27)23-17-11-6-3-7-12-17/h2-7,9-12,15H,8,13-14H2,1H3,(H,22,26)(H,23,27). The van der Waals surface area contributed by atoms with Crippen molar-refractivity contribution in [1.29, 1.82) is 0 Å². The Morgan fingerprint density at radius 3 is 2.39 bits per heavy atom. The Kier molecular flexibility index (Phi) is 6.86. The minimum absolute atomic E-state index is 0.00270. The maximum atomic E-state index is 12.2. The van der Waals surface area contributed by atoms with E-state index in [0.717, 1.165) is 10.6 Å². The summed E-state index contributed by atoms with van der Waals surface area (Å²) < 4.78 is 0. The first kappa shape index (κ1) is 19.7. The van der Waals surface area contributed by atoms with Gasteiger partial charge in [0.1, 0.15) is 5.01 Å². The Morgan fingerprint density at radius 1 is 1.00 bits per heavy atom.